The molecule has 0 aromatic heterocycles. The summed E-state index contributed by atoms with van der Waals surface area (Å²) < 4.78 is 5.26. The van der Waals surface area contributed by atoms with Gasteiger partial charge in [0.25, 0.3) is 11.6 Å². The molecule has 0 saturated carbocycles. The lowest BCUT2D eigenvalue weighted by molar-refractivity contribution is -0.384. The maximum absolute atomic E-state index is 11.8. The number of nitrogens with one attached hydrogen (secondary N) is 1. The van der Waals surface area contributed by atoms with Gasteiger partial charge in [0.15, 0.2) is 0 Å². The van der Waals surface area contributed by atoms with Gasteiger partial charge in [0.1, 0.15) is 5.02 Å². The number of rotatable bonds is 6. The highest BCUT2D eigenvalue weighted by Crippen LogP contribution is 2.27. The fourth-order valence-corrected chi connectivity index (χ4v) is 1.67. The van der Waals surface area contributed by atoms with Crippen molar-refractivity contribution in [2.75, 3.05) is 13.2 Å². The molecule has 104 valence electrons. The van der Waals surface area contributed by atoms with Crippen molar-refractivity contribution in [3.8, 4) is 0 Å². The zero-order valence-electron chi connectivity index (χ0n) is 10.7. The van der Waals surface area contributed by atoms with E-state index in [2.05, 4.69) is 5.32 Å². The molecular weight excluding hydrogens is 272 g/mol. The molecule has 6 nitrogen and oxygen atoms in total. The molecule has 0 aliphatic carbocycles. The molecule has 19 heavy (non-hydrogen) atoms. The first-order valence-electron chi connectivity index (χ1n) is 5.76. The van der Waals surface area contributed by atoms with Crippen molar-refractivity contribution in [3.63, 3.8) is 0 Å². The van der Waals surface area contributed by atoms with E-state index in [1.165, 1.54) is 18.2 Å². The van der Waals surface area contributed by atoms with Crippen LogP contribution in [-0.2, 0) is 4.74 Å². The Kier molecular flexibility index (Phi) is 5.72. The standard InChI is InChI=1S/C12H15ClN2O4/c1-8(2)19-7-6-14-12(16)9-4-3-5-10(11(9)13)15(17)18/h3-5,8H,6-7H2,1-2H3,(H,14,16). The molecule has 0 aliphatic rings. The number of carbonyl (C=O) groups excluding carboxylic acids is 1. The van der Waals surface area contributed by atoms with Crippen LogP contribution in [0, 0.1) is 10.1 Å². The first-order chi connectivity index (χ1) is 8.93. The summed E-state index contributed by atoms with van der Waals surface area (Å²) in [6.07, 6.45) is 0.0818. The zero-order chi connectivity index (χ0) is 14.4. The highest BCUT2D eigenvalue weighted by atomic mass is 35.5. The van der Waals surface area contributed by atoms with Crippen molar-refractivity contribution in [1.29, 1.82) is 0 Å². The Labute approximate surface area is 115 Å². The lowest BCUT2D eigenvalue weighted by Crippen LogP contribution is -2.28. The minimum atomic E-state index is -0.624. The van der Waals surface area contributed by atoms with Gasteiger partial charge in [-0.3, -0.25) is 14.9 Å². The molecule has 0 aliphatic heterocycles. The summed E-state index contributed by atoms with van der Waals surface area (Å²) in [7, 11) is 0. The van der Waals surface area contributed by atoms with Crippen molar-refractivity contribution >= 4 is 23.2 Å². The van der Waals surface area contributed by atoms with Crippen LogP contribution >= 0.6 is 11.6 Å². The van der Waals surface area contributed by atoms with Crippen LogP contribution in [0.1, 0.15) is 24.2 Å². The fraction of sp³-hybridized carbons (Fsp3) is 0.417. The number of hydrogen-bond donors (Lipinski definition) is 1. The summed E-state index contributed by atoms with van der Waals surface area (Å²) >= 11 is 5.83. The Bertz CT molecular complexity index is 477. The molecule has 0 atom stereocenters. The lowest BCUT2D eigenvalue weighted by atomic mass is 10.2. The molecular formula is C12H15ClN2O4. The van der Waals surface area contributed by atoms with Gasteiger partial charge in [-0.15, -0.1) is 0 Å². The fourth-order valence-electron chi connectivity index (χ4n) is 1.39. The number of nitrogens with zero attached hydrogens (tertiary/aromatic N) is 1. The maximum Gasteiger partial charge on any atom is 0.288 e. The smallest absolute Gasteiger partial charge is 0.288 e. The summed E-state index contributed by atoms with van der Waals surface area (Å²) in [6.45, 7) is 4.46. The Morgan fingerprint density at radius 2 is 2.21 bits per heavy atom. The SMILES string of the molecule is CC(C)OCCNC(=O)c1cccc([N+](=O)[O-])c1Cl. The van der Waals surface area contributed by atoms with E-state index in [1.54, 1.807) is 0 Å². The van der Waals surface area contributed by atoms with Gasteiger partial charge in [0.05, 0.1) is 23.2 Å². The second kappa shape index (κ2) is 7.06. The van der Waals surface area contributed by atoms with Crippen molar-refractivity contribution in [1.82, 2.24) is 5.32 Å². The topological polar surface area (TPSA) is 81.5 Å². The van der Waals surface area contributed by atoms with Crippen LogP contribution in [0.15, 0.2) is 18.2 Å². The molecule has 1 aromatic rings. The summed E-state index contributed by atoms with van der Waals surface area (Å²) in [5, 5.41) is 13.1. The molecule has 0 bridgehead atoms. The number of amides is 1. The second-order valence-corrected chi connectivity index (χ2v) is 4.45. The molecule has 0 radical (unpaired) electrons. The van der Waals surface area contributed by atoms with Gasteiger partial charge in [-0.25, -0.2) is 0 Å². The van der Waals surface area contributed by atoms with E-state index >= 15 is 0 Å². The lowest BCUT2D eigenvalue weighted by Gasteiger charge is -2.09. The molecule has 1 amide bonds. The van der Waals surface area contributed by atoms with E-state index in [4.69, 9.17) is 16.3 Å². The zero-order valence-corrected chi connectivity index (χ0v) is 11.4. The van der Waals surface area contributed by atoms with Gasteiger partial charge in [0.2, 0.25) is 0 Å². The monoisotopic (exact) mass is 286 g/mol. The van der Waals surface area contributed by atoms with Crippen LogP contribution in [0.4, 0.5) is 5.69 Å². The average Bonchev–Trinajstić information content (AvgIpc) is 2.34. The molecule has 1 rings (SSSR count). The van der Waals surface area contributed by atoms with Crippen LogP contribution in [0.3, 0.4) is 0 Å². The van der Waals surface area contributed by atoms with E-state index in [0.29, 0.717) is 13.2 Å². The van der Waals surface area contributed by atoms with Crippen LogP contribution in [0.25, 0.3) is 0 Å². The van der Waals surface area contributed by atoms with Crippen molar-refractivity contribution < 1.29 is 14.5 Å². The van der Waals surface area contributed by atoms with Crippen molar-refractivity contribution in [2.24, 2.45) is 0 Å². The predicted octanol–water partition coefficient (Wildman–Crippen LogP) is 2.40. The van der Waals surface area contributed by atoms with Gasteiger partial charge < -0.3 is 10.1 Å². The number of hydrogen-bond acceptors (Lipinski definition) is 4. The molecule has 0 fully saturated rings. The van der Waals surface area contributed by atoms with E-state index in [0.717, 1.165) is 0 Å². The maximum atomic E-state index is 11.8. The summed E-state index contributed by atoms with van der Waals surface area (Å²) in [6, 6.07) is 4.11. The van der Waals surface area contributed by atoms with Crippen LogP contribution in [-0.4, -0.2) is 30.1 Å². The normalized spacial score (nSPS) is 10.5. The molecule has 0 heterocycles. The van der Waals surface area contributed by atoms with Gasteiger partial charge in [-0.2, -0.15) is 0 Å². The summed E-state index contributed by atoms with van der Waals surface area (Å²) in [4.78, 5) is 21.9. The highest BCUT2D eigenvalue weighted by Gasteiger charge is 2.19. The third-order valence-electron chi connectivity index (χ3n) is 2.26. The first-order valence-corrected chi connectivity index (χ1v) is 6.14. The minimum Gasteiger partial charge on any atom is -0.377 e. The van der Waals surface area contributed by atoms with E-state index in [1.807, 2.05) is 13.8 Å². The highest BCUT2D eigenvalue weighted by molar-refractivity contribution is 6.35. The van der Waals surface area contributed by atoms with Gasteiger partial charge in [-0.1, -0.05) is 17.7 Å². The second-order valence-electron chi connectivity index (χ2n) is 4.07. The van der Waals surface area contributed by atoms with Crippen LogP contribution in [0.5, 0.6) is 0 Å². The van der Waals surface area contributed by atoms with Gasteiger partial charge in [0, 0.05) is 12.6 Å². The van der Waals surface area contributed by atoms with Crippen LogP contribution < -0.4 is 5.32 Å². The molecule has 0 spiro atoms. The number of nitro groups is 1. The third-order valence-corrected chi connectivity index (χ3v) is 2.66. The first kappa shape index (κ1) is 15.4. The Hall–Kier alpha value is -1.66. The number of carbonyl (C=O) groups is 1. The Morgan fingerprint density at radius 1 is 1.53 bits per heavy atom. The van der Waals surface area contributed by atoms with E-state index in [-0.39, 0.29) is 22.4 Å². The Morgan fingerprint density at radius 3 is 2.79 bits per heavy atom. The third kappa shape index (κ3) is 4.50. The van der Waals surface area contributed by atoms with E-state index < -0.39 is 10.8 Å². The van der Waals surface area contributed by atoms with Gasteiger partial charge in [-0.05, 0) is 19.9 Å². The number of ether oxygens (including phenoxy) is 1. The summed E-state index contributed by atoms with van der Waals surface area (Å²) in [5.74, 6) is -0.457. The summed E-state index contributed by atoms with van der Waals surface area (Å²) in [5.41, 5.74) is -0.201. The predicted molar refractivity (Wildman–Crippen MR) is 71.5 cm³/mol. The van der Waals surface area contributed by atoms with Crippen molar-refractivity contribution in [3.05, 3.63) is 38.9 Å². The largest absolute Gasteiger partial charge is 0.377 e. The minimum absolute atomic E-state index is 0.0818. The number of benzene rings is 1. The number of nitro benzene ring substituents is 1. The Balaban J connectivity index is 2.67. The average molecular weight is 287 g/mol. The molecule has 0 saturated heterocycles. The van der Waals surface area contributed by atoms with E-state index in [9.17, 15) is 14.9 Å². The van der Waals surface area contributed by atoms with Crippen LogP contribution in [0.2, 0.25) is 5.02 Å². The molecule has 7 heteroatoms. The molecule has 1 N–H and O–H groups in total. The van der Waals surface area contributed by atoms with Crippen molar-refractivity contribution in [2.45, 2.75) is 20.0 Å². The molecule has 1 aromatic carbocycles. The number of halogens is 1. The van der Waals surface area contributed by atoms with Gasteiger partial charge >= 0.3 is 0 Å². The molecule has 0 unspecified atom stereocenters. The quantitative estimate of drug-likeness (QED) is 0.494.